The van der Waals surface area contributed by atoms with E-state index < -0.39 is 17.7 Å². The topological polar surface area (TPSA) is 88.5 Å². The van der Waals surface area contributed by atoms with E-state index in [-0.39, 0.29) is 11.3 Å². The molecule has 1 N–H and O–H groups in total. The van der Waals surface area contributed by atoms with E-state index in [0.717, 1.165) is 37.0 Å². The Morgan fingerprint density at radius 1 is 0.949 bits per heavy atom. The van der Waals surface area contributed by atoms with Crippen molar-refractivity contribution < 1.29 is 28.9 Å². The molecular weight excluding hydrogens is 496 g/mol. The zero-order valence-electron chi connectivity index (χ0n) is 24.1. The number of aliphatic hydroxyl groups is 1. The van der Waals surface area contributed by atoms with Gasteiger partial charge in [-0.05, 0) is 75.3 Å². The first-order chi connectivity index (χ1) is 18.7. The van der Waals surface area contributed by atoms with Crippen LogP contribution in [0.25, 0.3) is 5.76 Å². The van der Waals surface area contributed by atoms with Gasteiger partial charge in [0.1, 0.15) is 11.5 Å². The maximum atomic E-state index is 13.4. The number of ketones is 1. The summed E-state index contributed by atoms with van der Waals surface area (Å²) in [5, 5.41) is 11.5. The quantitative estimate of drug-likeness (QED) is 0.150. The first-order valence-corrected chi connectivity index (χ1v) is 13.7. The highest BCUT2D eigenvalue weighted by atomic mass is 16.5. The number of hydrogen-bond acceptors (Lipinski definition) is 7. The highest BCUT2D eigenvalue weighted by molar-refractivity contribution is 6.46. The second-order valence-electron chi connectivity index (χ2n) is 10.1. The number of aliphatic hydroxyl groups excluding tert-OH is 1. The molecule has 1 fully saturated rings. The number of methoxy groups -OCH3 is 1. The average molecular weight is 539 g/mol. The lowest BCUT2D eigenvalue weighted by Gasteiger charge is -2.27. The Kier molecular flexibility index (Phi) is 10.8. The molecule has 0 spiro atoms. The van der Waals surface area contributed by atoms with Crippen molar-refractivity contribution >= 4 is 17.4 Å². The average Bonchev–Trinajstić information content (AvgIpc) is 3.17. The molecule has 1 heterocycles. The van der Waals surface area contributed by atoms with Gasteiger partial charge in [-0.25, -0.2) is 0 Å². The zero-order valence-corrected chi connectivity index (χ0v) is 24.1. The van der Waals surface area contributed by atoms with Crippen molar-refractivity contribution in [3.05, 3.63) is 58.7 Å². The molecule has 1 aliphatic rings. The predicted octanol–water partition coefficient (Wildman–Crippen LogP) is 5.34. The molecule has 8 heteroatoms. The Morgan fingerprint density at radius 3 is 2.18 bits per heavy atom. The summed E-state index contributed by atoms with van der Waals surface area (Å²) in [5.41, 5.74) is 2.01. The number of rotatable bonds is 14. The number of carbonyl (C=O) groups excluding carboxylic acids is 2. The fraction of sp³-hybridized carbons (Fsp3) is 0.484. The highest BCUT2D eigenvalue weighted by Gasteiger charge is 2.46. The summed E-state index contributed by atoms with van der Waals surface area (Å²) >= 11 is 0. The highest BCUT2D eigenvalue weighted by Crippen LogP contribution is 2.42. The molecule has 8 nitrogen and oxygen atoms in total. The number of likely N-dealkylation sites (tertiary alicyclic amines) is 1. The van der Waals surface area contributed by atoms with Gasteiger partial charge in [0.25, 0.3) is 11.7 Å². The van der Waals surface area contributed by atoms with E-state index in [1.54, 1.807) is 37.4 Å². The van der Waals surface area contributed by atoms with Crippen molar-refractivity contribution in [2.45, 2.75) is 52.5 Å². The normalized spacial score (nSPS) is 16.7. The summed E-state index contributed by atoms with van der Waals surface area (Å²) in [4.78, 5) is 30.1. The largest absolute Gasteiger partial charge is 0.507 e. The molecule has 3 rings (SSSR count). The van der Waals surface area contributed by atoms with Crippen molar-refractivity contribution in [1.29, 1.82) is 0 Å². The minimum Gasteiger partial charge on any atom is -0.507 e. The Bertz CT molecular complexity index is 1190. The molecule has 39 heavy (non-hydrogen) atoms. The lowest BCUT2D eigenvalue weighted by atomic mass is 9.94. The van der Waals surface area contributed by atoms with Gasteiger partial charge in [-0.2, -0.15) is 0 Å². The molecule has 1 atom stereocenters. The molecule has 212 valence electrons. The van der Waals surface area contributed by atoms with Gasteiger partial charge in [-0.15, -0.1) is 0 Å². The van der Waals surface area contributed by atoms with Gasteiger partial charge in [-0.3, -0.25) is 9.59 Å². The monoisotopic (exact) mass is 538 g/mol. The van der Waals surface area contributed by atoms with Crippen LogP contribution in [0.1, 0.15) is 62.3 Å². The van der Waals surface area contributed by atoms with Gasteiger partial charge in [0, 0.05) is 18.7 Å². The van der Waals surface area contributed by atoms with E-state index in [1.165, 1.54) is 4.90 Å². The lowest BCUT2D eigenvalue weighted by molar-refractivity contribution is -0.140. The van der Waals surface area contributed by atoms with Crippen LogP contribution in [0, 0.1) is 6.92 Å². The van der Waals surface area contributed by atoms with Crippen molar-refractivity contribution in [1.82, 2.24) is 9.80 Å². The number of benzene rings is 2. The fourth-order valence-corrected chi connectivity index (χ4v) is 4.51. The van der Waals surface area contributed by atoms with Crippen LogP contribution in [0.15, 0.2) is 42.0 Å². The Labute approximate surface area is 232 Å². The van der Waals surface area contributed by atoms with E-state index in [1.807, 2.05) is 32.0 Å². The minimum atomic E-state index is -0.774. The third-order valence-electron chi connectivity index (χ3n) is 6.79. The number of amides is 1. The number of unbranched alkanes of at least 4 members (excludes halogenated alkanes) is 2. The van der Waals surface area contributed by atoms with Crippen molar-refractivity contribution in [2.75, 3.05) is 47.5 Å². The van der Waals surface area contributed by atoms with Crippen molar-refractivity contribution in [2.24, 2.45) is 0 Å². The summed E-state index contributed by atoms with van der Waals surface area (Å²) in [6.45, 7) is 8.14. The molecule has 2 aromatic rings. The van der Waals surface area contributed by atoms with Crippen LogP contribution < -0.4 is 14.2 Å². The number of nitrogens with zero attached hydrogens (tertiary/aromatic N) is 2. The second kappa shape index (κ2) is 14.0. The van der Waals surface area contributed by atoms with Gasteiger partial charge < -0.3 is 29.1 Å². The molecule has 1 saturated heterocycles. The van der Waals surface area contributed by atoms with Gasteiger partial charge in [0.2, 0.25) is 0 Å². The smallest absolute Gasteiger partial charge is 0.295 e. The number of carbonyl (C=O) groups is 2. The Hall–Kier alpha value is -3.52. The Morgan fingerprint density at radius 2 is 1.59 bits per heavy atom. The summed E-state index contributed by atoms with van der Waals surface area (Å²) in [5.74, 6) is 0.268. The summed E-state index contributed by atoms with van der Waals surface area (Å²) < 4.78 is 17.3. The maximum Gasteiger partial charge on any atom is 0.295 e. The molecule has 0 aliphatic carbocycles. The Balaban J connectivity index is 2.07. The molecule has 0 radical (unpaired) electrons. The number of ether oxygens (including phenoxy) is 3. The van der Waals surface area contributed by atoms with E-state index in [4.69, 9.17) is 14.2 Å². The minimum absolute atomic E-state index is 0.0551. The predicted molar refractivity (Wildman–Crippen MR) is 153 cm³/mol. The summed E-state index contributed by atoms with van der Waals surface area (Å²) in [6, 6.07) is 9.93. The van der Waals surface area contributed by atoms with E-state index >= 15 is 0 Å². The van der Waals surface area contributed by atoms with Crippen LogP contribution in [0.3, 0.4) is 0 Å². The number of hydrogen-bond donors (Lipinski definition) is 1. The lowest BCUT2D eigenvalue weighted by Crippen LogP contribution is -2.35. The van der Waals surface area contributed by atoms with Gasteiger partial charge in [0.05, 0.1) is 31.9 Å². The third-order valence-corrected chi connectivity index (χ3v) is 6.79. The van der Waals surface area contributed by atoms with Crippen LogP contribution in [-0.2, 0) is 9.59 Å². The number of Topliss-reactive ketones (excluding diaryl/α,β-unsaturated/α-hetero) is 1. The van der Waals surface area contributed by atoms with Crippen molar-refractivity contribution in [3.8, 4) is 17.2 Å². The molecule has 0 bridgehead atoms. The van der Waals surface area contributed by atoms with Gasteiger partial charge in [-0.1, -0.05) is 32.8 Å². The van der Waals surface area contributed by atoms with Crippen LogP contribution in [0.2, 0.25) is 0 Å². The van der Waals surface area contributed by atoms with E-state index in [2.05, 4.69) is 13.8 Å². The van der Waals surface area contributed by atoms with Crippen LogP contribution in [0.5, 0.6) is 17.2 Å². The van der Waals surface area contributed by atoms with E-state index in [0.29, 0.717) is 48.9 Å². The molecule has 1 aliphatic heterocycles. The molecule has 0 saturated carbocycles. The molecule has 2 aromatic carbocycles. The summed E-state index contributed by atoms with van der Waals surface area (Å²) in [6.07, 6.45) is 3.90. The fourth-order valence-electron chi connectivity index (χ4n) is 4.51. The maximum absolute atomic E-state index is 13.4. The zero-order chi connectivity index (χ0) is 28.5. The van der Waals surface area contributed by atoms with Crippen molar-refractivity contribution in [3.63, 3.8) is 0 Å². The van der Waals surface area contributed by atoms with Crippen LogP contribution in [-0.4, -0.2) is 74.1 Å². The standard InChI is InChI=1S/C31H42N2O6/c1-7-9-17-38-24-13-12-23(19-21(24)3)29(34)27-28(33(16-15-32(4)5)31(36)30(27)35)22-11-14-25(26(20-22)37-6)39-18-10-8-2/h11-14,19-20,28,34H,7-10,15-18H2,1-6H3. The molecule has 1 amide bonds. The third kappa shape index (κ3) is 7.12. The molecule has 1 unspecified atom stereocenters. The molecule has 0 aromatic heterocycles. The number of aryl methyl sites for hydroxylation is 1. The van der Waals surface area contributed by atoms with Crippen LogP contribution in [0.4, 0.5) is 0 Å². The molecular formula is C31H42N2O6. The first-order valence-electron chi connectivity index (χ1n) is 13.7. The second-order valence-corrected chi connectivity index (χ2v) is 10.1. The summed E-state index contributed by atoms with van der Waals surface area (Å²) in [7, 11) is 5.37. The van der Waals surface area contributed by atoms with Gasteiger partial charge >= 0.3 is 0 Å². The first kappa shape index (κ1) is 30.0. The van der Waals surface area contributed by atoms with Gasteiger partial charge in [0.15, 0.2) is 11.5 Å². The SMILES string of the molecule is CCCCOc1ccc(C(O)=C2C(=O)C(=O)N(CCN(C)C)C2c2ccc(OCCCC)c(OC)c2)cc1C. The number of likely N-dealkylation sites (N-methyl/N-ethyl adjacent to an activating group) is 1. The van der Waals surface area contributed by atoms with E-state index in [9.17, 15) is 14.7 Å². The van der Waals surface area contributed by atoms with Crippen LogP contribution >= 0.6 is 0 Å².